The van der Waals surface area contributed by atoms with E-state index < -0.39 is 0 Å². The maximum absolute atomic E-state index is 9.04. The SMILES string of the molecule is CCNC(CO)COc1ccc(C)cc1. The summed E-state index contributed by atoms with van der Waals surface area (Å²) in [5, 5.41) is 12.2. The quantitative estimate of drug-likeness (QED) is 0.743. The van der Waals surface area contributed by atoms with E-state index in [-0.39, 0.29) is 12.6 Å². The molecule has 0 heterocycles. The molecule has 1 unspecified atom stereocenters. The van der Waals surface area contributed by atoms with E-state index in [1.807, 2.05) is 38.1 Å². The van der Waals surface area contributed by atoms with Gasteiger partial charge in [-0.25, -0.2) is 0 Å². The Hall–Kier alpha value is -1.06. The predicted octanol–water partition coefficient (Wildman–Crippen LogP) is 1.34. The maximum atomic E-state index is 9.04. The molecule has 84 valence electrons. The summed E-state index contributed by atoms with van der Waals surface area (Å²) in [5.41, 5.74) is 1.22. The van der Waals surface area contributed by atoms with E-state index in [1.54, 1.807) is 0 Å². The summed E-state index contributed by atoms with van der Waals surface area (Å²) in [7, 11) is 0. The number of benzene rings is 1. The first-order valence-electron chi connectivity index (χ1n) is 5.30. The van der Waals surface area contributed by atoms with Crippen LogP contribution in [-0.4, -0.2) is 30.9 Å². The first-order chi connectivity index (χ1) is 7.26. The van der Waals surface area contributed by atoms with Crippen molar-refractivity contribution in [2.75, 3.05) is 19.8 Å². The number of hydrogen-bond donors (Lipinski definition) is 2. The maximum Gasteiger partial charge on any atom is 0.119 e. The van der Waals surface area contributed by atoms with E-state index in [2.05, 4.69) is 5.32 Å². The Labute approximate surface area is 91.1 Å². The predicted molar refractivity (Wildman–Crippen MR) is 61.2 cm³/mol. The molecule has 2 N–H and O–H groups in total. The summed E-state index contributed by atoms with van der Waals surface area (Å²) in [6.45, 7) is 5.48. The summed E-state index contributed by atoms with van der Waals surface area (Å²) in [5.74, 6) is 0.844. The lowest BCUT2D eigenvalue weighted by atomic mass is 10.2. The van der Waals surface area contributed by atoms with Crippen molar-refractivity contribution in [1.82, 2.24) is 5.32 Å². The van der Waals surface area contributed by atoms with Gasteiger partial charge in [-0.1, -0.05) is 24.6 Å². The molecule has 0 saturated carbocycles. The lowest BCUT2D eigenvalue weighted by molar-refractivity contribution is 0.184. The summed E-state index contributed by atoms with van der Waals surface area (Å²) in [6.07, 6.45) is 0. The van der Waals surface area contributed by atoms with Gasteiger partial charge in [0.15, 0.2) is 0 Å². The van der Waals surface area contributed by atoms with Gasteiger partial charge in [0, 0.05) is 0 Å². The number of rotatable bonds is 6. The molecule has 1 aromatic carbocycles. The van der Waals surface area contributed by atoms with Crippen molar-refractivity contribution in [3.63, 3.8) is 0 Å². The Morgan fingerprint density at radius 3 is 2.53 bits per heavy atom. The monoisotopic (exact) mass is 209 g/mol. The highest BCUT2D eigenvalue weighted by atomic mass is 16.5. The Balaban J connectivity index is 2.38. The van der Waals surface area contributed by atoms with Crippen molar-refractivity contribution in [3.8, 4) is 5.75 Å². The Kier molecular flexibility index (Phi) is 5.15. The molecule has 0 aromatic heterocycles. The van der Waals surface area contributed by atoms with Gasteiger partial charge in [0.25, 0.3) is 0 Å². The number of aliphatic hydroxyl groups excluding tert-OH is 1. The van der Waals surface area contributed by atoms with Crippen LogP contribution in [-0.2, 0) is 0 Å². The van der Waals surface area contributed by atoms with Crippen LogP contribution in [0.2, 0.25) is 0 Å². The topological polar surface area (TPSA) is 41.5 Å². The Morgan fingerprint density at radius 1 is 1.33 bits per heavy atom. The second-order valence-electron chi connectivity index (χ2n) is 3.56. The minimum atomic E-state index is 0.0105. The molecule has 0 aliphatic heterocycles. The third-order valence-electron chi connectivity index (χ3n) is 2.19. The minimum Gasteiger partial charge on any atom is -0.492 e. The number of hydrogen-bond acceptors (Lipinski definition) is 3. The average Bonchev–Trinajstić information content (AvgIpc) is 2.26. The van der Waals surface area contributed by atoms with E-state index in [9.17, 15) is 0 Å². The fraction of sp³-hybridized carbons (Fsp3) is 0.500. The van der Waals surface area contributed by atoms with Crippen LogP contribution in [0.5, 0.6) is 5.75 Å². The third-order valence-corrected chi connectivity index (χ3v) is 2.19. The minimum absolute atomic E-state index is 0.0105. The van der Waals surface area contributed by atoms with Crippen molar-refractivity contribution in [1.29, 1.82) is 0 Å². The standard InChI is InChI=1S/C12H19NO2/c1-3-13-11(8-14)9-15-12-6-4-10(2)5-7-12/h4-7,11,13-14H,3,8-9H2,1-2H3. The molecule has 1 aromatic rings. The summed E-state index contributed by atoms with van der Waals surface area (Å²) in [6, 6.07) is 7.91. The highest BCUT2D eigenvalue weighted by Gasteiger charge is 2.05. The molecule has 0 bridgehead atoms. The lowest BCUT2D eigenvalue weighted by Crippen LogP contribution is -2.37. The molecule has 0 fully saturated rings. The van der Waals surface area contributed by atoms with E-state index in [1.165, 1.54) is 5.56 Å². The van der Waals surface area contributed by atoms with Gasteiger partial charge in [0.2, 0.25) is 0 Å². The van der Waals surface area contributed by atoms with Gasteiger partial charge in [-0.3, -0.25) is 0 Å². The van der Waals surface area contributed by atoms with Gasteiger partial charge >= 0.3 is 0 Å². The van der Waals surface area contributed by atoms with Crippen molar-refractivity contribution in [2.45, 2.75) is 19.9 Å². The summed E-state index contributed by atoms with van der Waals surface area (Å²) < 4.78 is 5.54. The molecule has 0 aliphatic rings. The number of aryl methyl sites for hydroxylation is 1. The molecule has 0 spiro atoms. The normalized spacial score (nSPS) is 12.5. The second-order valence-corrected chi connectivity index (χ2v) is 3.56. The van der Waals surface area contributed by atoms with Gasteiger partial charge in [-0.05, 0) is 25.6 Å². The zero-order valence-electron chi connectivity index (χ0n) is 9.36. The van der Waals surface area contributed by atoms with Gasteiger partial charge in [-0.15, -0.1) is 0 Å². The molecular weight excluding hydrogens is 190 g/mol. The van der Waals surface area contributed by atoms with E-state index in [0.29, 0.717) is 6.61 Å². The van der Waals surface area contributed by atoms with Crippen LogP contribution in [0.3, 0.4) is 0 Å². The van der Waals surface area contributed by atoms with Crippen LogP contribution in [0.25, 0.3) is 0 Å². The van der Waals surface area contributed by atoms with Crippen molar-refractivity contribution < 1.29 is 9.84 Å². The van der Waals surface area contributed by atoms with Gasteiger partial charge in [0.1, 0.15) is 12.4 Å². The number of likely N-dealkylation sites (N-methyl/N-ethyl adjacent to an activating group) is 1. The van der Waals surface area contributed by atoms with Crippen molar-refractivity contribution in [2.24, 2.45) is 0 Å². The van der Waals surface area contributed by atoms with Crippen LogP contribution in [0.1, 0.15) is 12.5 Å². The molecule has 1 rings (SSSR count). The third kappa shape index (κ3) is 4.32. The highest BCUT2D eigenvalue weighted by molar-refractivity contribution is 5.26. The largest absolute Gasteiger partial charge is 0.492 e. The Morgan fingerprint density at radius 2 is 2.00 bits per heavy atom. The molecule has 15 heavy (non-hydrogen) atoms. The molecule has 0 saturated heterocycles. The van der Waals surface area contributed by atoms with Gasteiger partial charge in [-0.2, -0.15) is 0 Å². The molecule has 0 radical (unpaired) electrons. The number of ether oxygens (including phenoxy) is 1. The van der Waals surface area contributed by atoms with Crippen molar-refractivity contribution >= 4 is 0 Å². The second kappa shape index (κ2) is 6.43. The van der Waals surface area contributed by atoms with E-state index in [4.69, 9.17) is 9.84 Å². The van der Waals surface area contributed by atoms with Crippen molar-refractivity contribution in [3.05, 3.63) is 29.8 Å². The summed E-state index contributed by atoms with van der Waals surface area (Å²) in [4.78, 5) is 0. The van der Waals surface area contributed by atoms with Gasteiger partial charge in [0.05, 0.1) is 12.6 Å². The first kappa shape index (κ1) is 12.0. The zero-order chi connectivity index (χ0) is 11.1. The van der Waals surface area contributed by atoms with Crippen LogP contribution in [0.4, 0.5) is 0 Å². The first-order valence-corrected chi connectivity index (χ1v) is 5.30. The van der Waals surface area contributed by atoms with Crippen LogP contribution < -0.4 is 10.1 Å². The fourth-order valence-corrected chi connectivity index (χ4v) is 1.30. The van der Waals surface area contributed by atoms with E-state index in [0.717, 1.165) is 12.3 Å². The fourth-order valence-electron chi connectivity index (χ4n) is 1.30. The lowest BCUT2D eigenvalue weighted by Gasteiger charge is -2.15. The number of aliphatic hydroxyl groups is 1. The molecule has 0 aliphatic carbocycles. The molecule has 3 nitrogen and oxygen atoms in total. The molecule has 3 heteroatoms. The average molecular weight is 209 g/mol. The van der Waals surface area contributed by atoms with Crippen LogP contribution >= 0.6 is 0 Å². The molecule has 0 amide bonds. The zero-order valence-corrected chi connectivity index (χ0v) is 9.36. The smallest absolute Gasteiger partial charge is 0.119 e. The van der Waals surface area contributed by atoms with Crippen LogP contribution in [0.15, 0.2) is 24.3 Å². The van der Waals surface area contributed by atoms with Gasteiger partial charge < -0.3 is 15.2 Å². The summed E-state index contributed by atoms with van der Waals surface area (Å²) >= 11 is 0. The van der Waals surface area contributed by atoms with E-state index >= 15 is 0 Å². The highest BCUT2D eigenvalue weighted by Crippen LogP contribution is 2.11. The number of nitrogens with one attached hydrogen (secondary N) is 1. The molecular formula is C12H19NO2. The van der Waals surface area contributed by atoms with Crippen LogP contribution in [0, 0.1) is 6.92 Å². The molecule has 1 atom stereocenters. The Bertz CT molecular complexity index is 271.